The predicted molar refractivity (Wildman–Crippen MR) is 80.2 cm³/mol. The van der Waals surface area contributed by atoms with Gasteiger partial charge in [-0.05, 0) is 18.2 Å². The molecule has 92 valence electrons. The number of hydrogen-bond donors (Lipinski definition) is 0. The number of unbranched alkanes of at least 4 members (excludes halogenated alkanes) is 7. The highest BCUT2D eigenvalue weighted by Gasteiger charge is 1.98. The van der Waals surface area contributed by atoms with E-state index in [0.717, 1.165) is 0 Å². The zero-order valence-corrected chi connectivity index (χ0v) is 13.7. The van der Waals surface area contributed by atoms with Crippen molar-refractivity contribution in [1.82, 2.24) is 0 Å². The molecule has 1 rings (SSSR count). The van der Waals surface area contributed by atoms with Gasteiger partial charge in [0.1, 0.15) is 0 Å². The van der Waals surface area contributed by atoms with Gasteiger partial charge in [0.25, 0.3) is 0 Å². The molecule has 0 N–H and O–H groups in total. The average Bonchev–Trinajstić information content (AvgIpc) is 2.68. The van der Waals surface area contributed by atoms with Crippen LogP contribution in [0.1, 0.15) is 63.2 Å². The largest absolute Gasteiger partial charge is 0.149 e. The molecule has 0 aliphatic heterocycles. The highest BCUT2D eigenvalue weighted by atomic mass is 32.1. The molecular weight excluding hydrogens is 228 g/mol. The van der Waals surface area contributed by atoms with Crippen LogP contribution in [0.25, 0.3) is 0 Å². The molecule has 0 atom stereocenters. The maximum absolute atomic E-state index is 2.30. The monoisotopic (exact) mass is 254 g/mol. The predicted octanol–water partition coefficient (Wildman–Crippen LogP) is 3.42. The average molecular weight is 255 g/mol. The summed E-state index contributed by atoms with van der Waals surface area (Å²) in [6, 6.07) is 2.30. The molecule has 0 spiro atoms. The Morgan fingerprint density at radius 3 is 2.19 bits per heavy atom. The van der Waals surface area contributed by atoms with Crippen LogP contribution in [0.3, 0.4) is 0 Å². The van der Waals surface area contributed by atoms with E-state index >= 15 is 0 Å². The second kappa shape index (κ2) is 9.00. The third kappa shape index (κ3) is 5.85. The minimum atomic E-state index is 1.23. The smallest absolute Gasteiger partial charge is 0.0399 e. The fraction of sp³-hybridized carbons (Fsp3) is 0.714. The van der Waals surface area contributed by atoms with Crippen LogP contribution >= 0.6 is 11.3 Å². The molecule has 0 nitrogen and oxygen atoms in total. The SMILES string of the molecule is CCCCCCCCCCc1sccc1[SiH3]. The van der Waals surface area contributed by atoms with Crippen molar-refractivity contribution in [2.45, 2.75) is 64.7 Å². The molecule has 0 fully saturated rings. The van der Waals surface area contributed by atoms with Gasteiger partial charge in [-0.2, -0.15) is 0 Å². The number of rotatable bonds is 9. The van der Waals surface area contributed by atoms with Gasteiger partial charge in [0, 0.05) is 15.1 Å². The van der Waals surface area contributed by atoms with E-state index in [0.29, 0.717) is 0 Å². The zero-order valence-electron chi connectivity index (χ0n) is 10.9. The van der Waals surface area contributed by atoms with E-state index in [1.54, 1.807) is 10.1 Å². The fourth-order valence-electron chi connectivity index (χ4n) is 2.08. The Bertz CT molecular complexity index is 267. The lowest BCUT2D eigenvalue weighted by molar-refractivity contribution is 0.576. The third-order valence-corrected chi connectivity index (χ3v) is 5.61. The second-order valence-corrected chi connectivity index (χ2v) is 6.83. The quantitative estimate of drug-likeness (QED) is 0.468. The van der Waals surface area contributed by atoms with Crippen molar-refractivity contribution < 1.29 is 0 Å². The molecule has 1 aromatic rings. The Morgan fingerprint density at radius 2 is 1.62 bits per heavy atom. The van der Waals surface area contributed by atoms with Gasteiger partial charge in [-0.1, -0.05) is 63.1 Å². The molecule has 0 saturated heterocycles. The molecule has 1 aromatic heterocycles. The summed E-state index contributed by atoms with van der Waals surface area (Å²) in [7, 11) is 1.23. The van der Waals surface area contributed by atoms with E-state index in [2.05, 4.69) is 18.4 Å². The molecule has 1 heterocycles. The molecule has 0 aromatic carbocycles. The van der Waals surface area contributed by atoms with Crippen LogP contribution in [0, 0.1) is 0 Å². The van der Waals surface area contributed by atoms with Gasteiger partial charge in [0.2, 0.25) is 0 Å². The summed E-state index contributed by atoms with van der Waals surface area (Å²) >= 11 is 1.96. The van der Waals surface area contributed by atoms with Crippen LogP contribution in [0.15, 0.2) is 11.4 Å². The van der Waals surface area contributed by atoms with Gasteiger partial charge in [0.05, 0.1) is 0 Å². The highest BCUT2D eigenvalue weighted by Crippen LogP contribution is 2.13. The highest BCUT2D eigenvalue weighted by molar-refractivity contribution is 7.11. The van der Waals surface area contributed by atoms with E-state index in [1.807, 2.05) is 11.3 Å². The first-order valence-electron chi connectivity index (χ1n) is 6.87. The minimum absolute atomic E-state index is 1.23. The van der Waals surface area contributed by atoms with E-state index in [9.17, 15) is 0 Å². The summed E-state index contributed by atoms with van der Waals surface area (Å²) in [6.07, 6.45) is 12.8. The maximum atomic E-state index is 2.30. The van der Waals surface area contributed by atoms with Gasteiger partial charge in [-0.25, -0.2) is 0 Å². The zero-order chi connectivity index (χ0) is 11.6. The van der Waals surface area contributed by atoms with Crippen LogP contribution in [0.2, 0.25) is 0 Å². The third-order valence-electron chi connectivity index (χ3n) is 3.23. The summed E-state index contributed by atoms with van der Waals surface area (Å²) in [5.41, 5.74) is 0. The Morgan fingerprint density at radius 1 is 1.00 bits per heavy atom. The molecule has 0 aliphatic carbocycles. The summed E-state index contributed by atoms with van der Waals surface area (Å²) in [5.74, 6) is 0. The summed E-state index contributed by atoms with van der Waals surface area (Å²) in [5, 5.41) is 3.88. The first-order valence-corrected chi connectivity index (χ1v) is 8.75. The molecular formula is C14H26SSi. The normalized spacial score (nSPS) is 11.1. The van der Waals surface area contributed by atoms with Crippen molar-refractivity contribution >= 4 is 26.8 Å². The molecule has 0 amide bonds. The molecule has 2 heteroatoms. The Kier molecular flexibility index (Phi) is 7.86. The number of thiophene rings is 1. The molecule has 0 unspecified atom stereocenters. The maximum Gasteiger partial charge on any atom is 0.0399 e. The lowest BCUT2D eigenvalue weighted by atomic mass is 10.1. The van der Waals surface area contributed by atoms with Crippen LogP contribution in [-0.2, 0) is 6.42 Å². The van der Waals surface area contributed by atoms with Crippen molar-refractivity contribution in [1.29, 1.82) is 0 Å². The van der Waals surface area contributed by atoms with Gasteiger partial charge < -0.3 is 0 Å². The topological polar surface area (TPSA) is 0 Å². The molecule has 16 heavy (non-hydrogen) atoms. The van der Waals surface area contributed by atoms with E-state index in [4.69, 9.17) is 0 Å². The van der Waals surface area contributed by atoms with Crippen LogP contribution < -0.4 is 5.19 Å². The van der Waals surface area contributed by atoms with Crippen molar-refractivity contribution in [2.75, 3.05) is 0 Å². The standard InChI is InChI=1S/C14H26SSi/c1-2-3-4-5-6-7-8-9-10-13-14(16)11-12-15-13/h11-12H,2-10H2,1,16H3. The molecule has 0 radical (unpaired) electrons. The Hall–Kier alpha value is -0.0831. The molecule has 0 saturated carbocycles. The van der Waals surface area contributed by atoms with E-state index in [-0.39, 0.29) is 0 Å². The lowest BCUT2D eigenvalue weighted by Gasteiger charge is -2.01. The number of aryl methyl sites for hydroxylation is 1. The fourth-order valence-corrected chi connectivity index (χ4v) is 4.04. The van der Waals surface area contributed by atoms with Crippen molar-refractivity contribution in [2.24, 2.45) is 0 Å². The minimum Gasteiger partial charge on any atom is -0.149 e. The van der Waals surface area contributed by atoms with Crippen molar-refractivity contribution in [3.63, 3.8) is 0 Å². The molecule has 0 bridgehead atoms. The van der Waals surface area contributed by atoms with E-state index < -0.39 is 0 Å². The van der Waals surface area contributed by atoms with Gasteiger partial charge >= 0.3 is 0 Å². The van der Waals surface area contributed by atoms with Crippen LogP contribution in [0.4, 0.5) is 0 Å². The first-order chi connectivity index (χ1) is 7.84. The summed E-state index contributed by atoms with van der Waals surface area (Å²) in [4.78, 5) is 1.66. The lowest BCUT2D eigenvalue weighted by Crippen LogP contribution is -2.03. The van der Waals surface area contributed by atoms with Gasteiger partial charge in [0.15, 0.2) is 0 Å². The van der Waals surface area contributed by atoms with Crippen LogP contribution in [0.5, 0.6) is 0 Å². The summed E-state index contributed by atoms with van der Waals surface area (Å²) in [6.45, 7) is 2.28. The first kappa shape index (κ1) is 14.0. The van der Waals surface area contributed by atoms with Gasteiger partial charge in [-0.15, -0.1) is 11.3 Å². The van der Waals surface area contributed by atoms with Crippen molar-refractivity contribution in [3.8, 4) is 0 Å². The summed E-state index contributed by atoms with van der Waals surface area (Å²) < 4.78 is 0. The molecule has 0 aliphatic rings. The van der Waals surface area contributed by atoms with E-state index in [1.165, 1.54) is 68.0 Å². The second-order valence-electron chi connectivity index (χ2n) is 4.75. The Labute approximate surface area is 108 Å². The number of hydrogen-bond acceptors (Lipinski definition) is 1. The van der Waals surface area contributed by atoms with Crippen LogP contribution in [-0.4, -0.2) is 10.2 Å². The van der Waals surface area contributed by atoms with Crippen molar-refractivity contribution in [3.05, 3.63) is 16.3 Å². The Balaban J connectivity index is 1.91. The van der Waals surface area contributed by atoms with Gasteiger partial charge in [-0.3, -0.25) is 0 Å².